The first-order valence-corrected chi connectivity index (χ1v) is 31.7. The zero-order valence-electron chi connectivity index (χ0n) is 49.9. The Balaban J connectivity index is 0.951. The molecule has 6 nitrogen and oxygen atoms in total. The normalized spacial score (nSPS) is 13.0. The summed E-state index contributed by atoms with van der Waals surface area (Å²) in [5.41, 5.74) is 13.2. The second-order valence-corrected chi connectivity index (χ2v) is 29.7. The summed E-state index contributed by atoms with van der Waals surface area (Å²) < 4.78 is 16.4. The van der Waals surface area contributed by atoms with E-state index in [9.17, 15) is 0 Å². The van der Waals surface area contributed by atoms with Gasteiger partial charge in [0.2, 0.25) is 11.4 Å². The molecule has 14 rings (SSSR count). The van der Waals surface area contributed by atoms with Crippen LogP contribution < -0.4 is 34.6 Å². The number of ether oxygens (including phenoxy) is 1. The van der Waals surface area contributed by atoms with E-state index < -0.39 is 8.07 Å². The fourth-order valence-electron chi connectivity index (χ4n) is 12.9. The summed E-state index contributed by atoms with van der Waals surface area (Å²) in [6, 6.07) is 95.4. The molecule has 0 saturated heterocycles. The van der Waals surface area contributed by atoms with Crippen LogP contribution in [0.1, 0.15) is 79.0 Å². The van der Waals surface area contributed by atoms with Crippen molar-refractivity contribution in [1.82, 2.24) is 23.3 Å². The van der Waals surface area contributed by atoms with Crippen LogP contribution in [0.5, 0.6) is 11.5 Å². The minimum Gasteiger partial charge on any atom is -0.457 e. The lowest BCUT2D eigenvalue weighted by atomic mass is 9.80. The van der Waals surface area contributed by atoms with E-state index in [0.29, 0.717) is 5.75 Å². The first kappa shape index (κ1) is 53.4. The largest absolute Gasteiger partial charge is 0.503 e. The minimum absolute atomic E-state index is 0.0780. The van der Waals surface area contributed by atoms with Gasteiger partial charge in [-0.15, -0.1) is 0 Å². The lowest BCUT2D eigenvalue weighted by Crippen LogP contribution is -2.75. The number of hydrogen-bond acceptors (Lipinski definition) is 2. The quantitative estimate of drug-likeness (QED) is 0.0777. The maximum atomic E-state index is 7.09. The first-order chi connectivity index (χ1) is 41.0. The topological polar surface area (TPSA) is 38.0 Å². The Bertz CT molecular complexity index is 4650. The lowest BCUT2D eigenvalue weighted by molar-refractivity contribution is 0.483. The van der Waals surface area contributed by atoms with Crippen LogP contribution in [0.2, 0.25) is 0 Å². The van der Waals surface area contributed by atoms with Crippen LogP contribution in [-0.4, -0.2) is 28.2 Å². The molecule has 0 aliphatic carbocycles. The van der Waals surface area contributed by atoms with Crippen molar-refractivity contribution in [3.8, 4) is 23.0 Å². The standard InChI is InChI=1S/C78H69N5OSi/c1-76(2,3)53-43-44-79-74(48-53)83-70-42-39-57(82-68-35-21-19-33-64(68)65-34-20-22-36-69(65)82)50-67(70)66-41-40-60(51-72(66)83)84-59-26-23-25-56(49-59)80-52-81(58-46-54(77(4,5)6)45-55(47-58)78(7,8)9)75-71(80)37-24-38-73(75)85(61-27-13-10-14-28-61,62-29-15-11-16-30-62)63-31-17-12-18-32-63/h10-51H,1-9H3/q+2. The van der Waals surface area contributed by atoms with E-state index in [1.165, 1.54) is 59.2 Å². The maximum absolute atomic E-state index is 7.09. The highest BCUT2D eigenvalue weighted by Gasteiger charge is 2.51. The van der Waals surface area contributed by atoms with Gasteiger partial charge in [-0.2, -0.15) is 0 Å². The maximum Gasteiger partial charge on any atom is 0.503 e. The molecule has 13 aromatic rings. The molecule has 0 N–H and O–H groups in total. The molecule has 0 fully saturated rings. The molecule has 0 radical (unpaired) electrons. The molecular weight excluding hydrogens is 1050 g/mol. The SMILES string of the molecule is CC(C)(C)c1cc([N+]2=C=[N+](c3cccc(Oc4ccc5c6cc(-n7c8ccccc8c8ccccc87)ccc6n(-c6cc(C(C)(C)C)ccn6)c5c4)c3)c3cccc([Si](c4ccccc4)(c4ccccc4)c4ccccc4)c32)cc(C(C)(C)C)c1. The van der Waals surface area contributed by atoms with Gasteiger partial charge in [-0.1, -0.05) is 214 Å². The van der Waals surface area contributed by atoms with Crippen molar-refractivity contribution in [3.63, 3.8) is 0 Å². The van der Waals surface area contributed by atoms with E-state index in [1.54, 1.807) is 0 Å². The van der Waals surface area contributed by atoms with Crippen LogP contribution in [0.25, 0.3) is 55.1 Å². The van der Waals surface area contributed by atoms with E-state index in [2.05, 4.69) is 335 Å². The number of nitrogens with zero attached hydrogens (tertiary/aromatic N) is 5. The third-order valence-corrected chi connectivity index (χ3v) is 22.1. The van der Waals surface area contributed by atoms with E-state index in [4.69, 9.17) is 9.72 Å². The van der Waals surface area contributed by atoms with E-state index in [0.717, 1.165) is 61.8 Å². The summed E-state index contributed by atoms with van der Waals surface area (Å²) in [7, 11) is -3.08. The van der Waals surface area contributed by atoms with E-state index >= 15 is 0 Å². The molecule has 10 aromatic carbocycles. The van der Waals surface area contributed by atoms with Crippen LogP contribution in [0, 0.1) is 0 Å². The second kappa shape index (κ2) is 20.3. The predicted molar refractivity (Wildman–Crippen MR) is 360 cm³/mol. The van der Waals surface area contributed by atoms with Crippen LogP contribution in [0.4, 0.5) is 22.7 Å². The highest BCUT2D eigenvalue weighted by atomic mass is 28.3. The summed E-state index contributed by atoms with van der Waals surface area (Å²) >= 11 is 0. The number of hydrogen-bond donors (Lipinski definition) is 0. The summed E-state index contributed by atoms with van der Waals surface area (Å²) in [6.07, 6.45) is 1.94. The summed E-state index contributed by atoms with van der Waals surface area (Å²) in [5.74, 6) is 2.30. The molecule has 1 aliphatic heterocycles. The van der Waals surface area contributed by atoms with Crippen LogP contribution >= 0.6 is 0 Å². The fourth-order valence-corrected chi connectivity index (χ4v) is 17.9. The Morgan fingerprint density at radius 2 is 0.929 bits per heavy atom. The van der Waals surface area contributed by atoms with Crippen LogP contribution in [-0.2, 0) is 16.2 Å². The number of para-hydroxylation sites is 3. The van der Waals surface area contributed by atoms with Gasteiger partial charge in [0.15, 0.2) is 8.07 Å². The smallest absolute Gasteiger partial charge is 0.457 e. The second-order valence-electron chi connectivity index (χ2n) is 25.9. The van der Waals surface area contributed by atoms with Crippen molar-refractivity contribution in [3.05, 3.63) is 272 Å². The van der Waals surface area contributed by atoms with Gasteiger partial charge < -0.3 is 9.30 Å². The molecule has 7 heteroatoms. The molecule has 0 saturated carbocycles. The average molecular weight is 1120 g/mol. The van der Waals surface area contributed by atoms with Crippen molar-refractivity contribution in [2.75, 3.05) is 0 Å². The number of rotatable bonds is 10. The molecule has 1 aliphatic rings. The Kier molecular flexibility index (Phi) is 12.7. The average Bonchev–Trinajstić information content (AvgIpc) is 1.87. The summed E-state index contributed by atoms with van der Waals surface area (Å²) in [5, 5.41) is 9.93. The Morgan fingerprint density at radius 1 is 0.388 bits per heavy atom. The van der Waals surface area contributed by atoms with Gasteiger partial charge in [0.25, 0.3) is 11.4 Å². The first-order valence-electron chi connectivity index (χ1n) is 29.7. The van der Waals surface area contributed by atoms with E-state index in [-0.39, 0.29) is 16.2 Å². The molecule has 3 aromatic heterocycles. The number of fused-ring (bicyclic) bond motifs is 7. The molecular formula is C78H69N5OSi+2. The van der Waals surface area contributed by atoms with E-state index in [1.807, 2.05) is 6.20 Å². The third-order valence-electron chi connectivity index (χ3n) is 17.3. The van der Waals surface area contributed by atoms with Gasteiger partial charge >= 0.3 is 6.01 Å². The van der Waals surface area contributed by atoms with Gasteiger partial charge in [0.05, 0.1) is 28.1 Å². The molecule has 414 valence electrons. The van der Waals surface area contributed by atoms with Crippen molar-refractivity contribution in [2.24, 2.45) is 0 Å². The zero-order valence-corrected chi connectivity index (χ0v) is 50.9. The highest BCUT2D eigenvalue weighted by Crippen LogP contribution is 2.43. The van der Waals surface area contributed by atoms with Gasteiger partial charge in [-0.25, -0.2) is 4.98 Å². The Labute approximate surface area is 499 Å². The fraction of sp³-hybridized carbons (Fsp3) is 0.154. The molecule has 0 unspecified atom stereocenters. The molecule has 0 atom stereocenters. The summed E-state index contributed by atoms with van der Waals surface area (Å²) in [4.78, 5) is 5.07. The van der Waals surface area contributed by atoms with Gasteiger partial charge in [0.1, 0.15) is 17.3 Å². The molecule has 0 spiro atoms. The van der Waals surface area contributed by atoms with Gasteiger partial charge in [-0.3, -0.25) is 4.57 Å². The summed E-state index contributed by atoms with van der Waals surface area (Å²) in [6.45, 7) is 20.6. The van der Waals surface area contributed by atoms with Gasteiger partial charge in [0, 0.05) is 68.9 Å². The molecule has 0 amide bonds. The Hall–Kier alpha value is -9.65. The van der Waals surface area contributed by atoms with Crippen molar-refractivity contribution in [2.45, 2.75) is 78.6 Å². The predicted octanol–water partition coefficient (Wildman–Crippen LogP) is 17.2. The highest BCUT2D eigenvalue weighted by molar-refractivity contribution is 7.20. The Morgan fingerprint density at radius 3 is 1.53 bits per heavy atom. The van der Waals surface area contributed by atoms with Crippen molar-refractivity contribution >= 4 is 101 Å². The molecule has 4 heterocycles. The van der Waals surface area contributed by atoms with Crippen molar-refractivity contribution in [1.29, 1.82) is 0 Å². The lowest BCUT2D eigenvalue weighted by Gasteiger charge is -2.33. The number of pyridine rings is 1. The third kappa shape index (κ3) is 9.14. The molecule has 0 bridgehead atoms. The monoisotopic (exact) mass is 1120 g/mol. The van der Waals surface area contributed by atoms with Crippen LogP contribution in [0.15, 0.2) is 255 Å². The minimum atomic E-state index is -3.08. The number of benzene rings is 10. The van der Waals surface area contributed by atoms with Gasteiger partial charge in [-0.05, 0) is 118 Å². The number of aromatic nitrogens is 3. The van der Waals surface area contributed by atoms with Crippen LogP contribution in [0.3, 0.4) is 0 Å². The molecule has 85 heavy (non-hydrogen) atoms. The zero-order chi connectivity index (χ0) is 58.4. The van der Waals surface area contributed by atoms with Crippen molar-refractivity contribution < 1.29 is 4.74 Å².